The van der Waals surface area contributed by atoms with Crippen LogP contribution in [0.3, 0.4) is 0 Å². The van der Waals surface area contributed by atoms with Crippen molar-refractivity contribution >= 4 is 0 Å². The topological polar surface area (TPSA) is 60.2 Å². The highest BCUT2D eigenvalue weighted by Gasteiger charge is 2.15. The summed E-state index contributed by atoms with van der Waals surface area (Å²) in [5.41, 5.74) is 3.48. The van der Waals surface area contributed by atoms with Crippen LogP contribution in [0.5, 0.6) is 5.75 Å². The number of aromatic nitrogens is 3. The van der Waals surface area contributed by atoms with E-state index in [9.17, 15) is 5.11 Å². The van der Waals surface area contributed by atoms with Crippen molar-refractivity contribution in [3.63, 3.8) is 0 Å². The van der Waals surface area contributed by atoms with Gasteiger partial charge in [-0.2, -0.15) is 0 Å². The van der Waals surface area contributed by atoms with Crippen LogP contribution in [0.1, 0.15) is 23.9 Å². The lowest BCUT2D eigenvalue weighted by Gasteiger charge is -2.11. The molecule has 0 bridgehead atoms. The van der Waals surface area contributed by atoms with Crippen LogP contribution in [-0.2, 0) is 13.0 Å². The highest BCUT2D eigenvalue weighted by molar-refractivity contribution is 5.49. The van der Waals surface area contributed by atoms with Crippen molar-refractivity contribution in [3.8, 4) is 11.4 Å². The molecule has 1 heterocycles. The van der Waals surface area contributed by atoms with Crippen molar-refractivity contribution in [1.29, 1.82) is 0 Å². The molecule has 0 fully saturated rings. The van der Waals surface area contributed by atoms with Gasteiger partial charge in [0.05, 0.1) is 19.4 Å². The number of aliphatic hydroxyl groups is 1. The number of hydrogen-bond donors (Lipinski definition) is 1. The Labute approximate surface area is 106 Å². The van der Waals surface area contributed by atoms with Gasteiger partial charge in [-0.15, -0.1) is 5.10 Å². The number of methoxy groups -OCH3 is 1. The van der Waals surface area contributed by atoms with Crippen molar-refractivity contribution < 1.29 is 9.84 Å². The number of benzene rings is 1. The molecular weight excluding hydrogens is 230 g/mol. The summed E-state index contributed by atoms with van der Waals surface area (Å²) in [7, 11) is 1.63. The van der Waals surface area contributed by atoms with Crippen molar-refractivity contribution in [2.24, 2.45) is 0 Å². The maximum Gasteiger partial charge on any atom is 0.144 e. The van der Waals surface area contributed by atoms with Gasteiger partial charge in [0.25, 0.3) is 0 Å². The lowest BCUT2D eigenvalue weighted by atomic mass is 10.2. The minimum atomic E-state index is -0.0999. The fourth-order valence-corrected chi connectivity index (χ4v) is 1.97. The Bertz CT molecular complexity index is 549. The summed E-state index contributed by atoms with van der Waals surface area (Å²) in [4.78, 5) is 0. The van der Waals surface area contributed by atoms with Gasteiger partial charge in [0, 0.05) is 0 Å². The lowest BCUT2D eigenvalue weighted by Crippen LogP contribution is -2.05. The third kappa shape index (κ3) is 2.09. The van der Waals surface area contributed by atoms with E-state index >= 15 is 0 Å². The quantitative estimate of drug-likeness (QED) is 0.892. The maximum absolute atomic E-state index is 9.24. The highest BCUT2D eigenvalue weighted by atomic mass is 16.5. The SMILES string of the molecule is CCc1c(CO)nnn1-c1cc(C)ccc1OC. The maximum atomic E-state index is 9.24. The summed E-state index contributed by atoms with van der Waals surface area (Å²) in [6, 6.07) is 5.88. The summed E-state index contributed by atoms with van der Waals surface area (Å²) >= 11 is 0. The van der Waals surface area contributed by atoms with E-state index in [2.05, 4.69) is 10.3 Å². The molecule has 0 spiro atoms. The number of aryl methyl sites for hydroxylation is 1. The zero-order valence-electron chi connectivity index (χ0n) is 10.8. The standard InChI is InChI=1S/C13H17N3O2/c1-4-11-10(8-17)14-15-16(11)12-7-9(2)5-6-13(12)18-3/h5-7,17H,4,8H2,1-3H3. The molecular formula is C13H17N3O2. The molecule has 1 N–H and O–H groups in total. The predicted molar refractivity (Wildman–Crippen MR) is 67.9 cm³/mol. The molecule has 0 unspecified atom stereocenters. The van der Waals surface area contributed by atoms with Gasteiger partial charge in [0.15, 0.2) is 0 Å². The first kappa shape index (κ1) is 12.6. The van der Waals surface area contributed by atoms with Crippen molar-refractivity contribution in [2.75, 3.05) is 7.11 Å². The molecule has 5 nitrogen and oxygen atoms in total. The lowest BCUT2D eigenvalue weighted by molar-refractivity contribution is 0.275. The third-order valence-electron chi connectivity index (χ3n) is 2.89. The number of aliphatic hydroxyl groups excluding tert-OH is 1. The molecule has 0 aliphatic rings. The largest absolute Gasteiger partial charge is 0.494 e. The smallest absolute Gasteiger partial charge is 0.144 e. The average molecular weight is 247 g/mol. The fourth-order valence-electron chi connectivity index (χ4n) is 1.97. The minimum Gasteiger partial charge on any atom is -0.494 e. The zero-order valence-corrected chi connectivity index (χ0v) is 10.8. The second kappa shape index (κ2) is 5.18. The molecule has 18 heavy (non-hydrogen) atoms. The van der Waals surface area contributed by atoms with Gasteiger partial charge in [0.1, 0.15) is 17.1 Å². The second-order valence-electron chi connectivity index (χ2n) is 4.08. The van der Waals surface area contributed by atoms with E-state index in [-0.39, 0.29) is 6.61 Å². The molecule has 0 saturated carbocycles. The van der Waals surface area contributed by atoms with E-state index in [1.54, 1.807) is 11.8 Å². The van der Waals surface area contributed by atoms with Crippen LogP contribution in [0.15, 0.2) is 18.2 Å². The number of hydrogen-bond acceptors (Lipinski definition) is 4. The van der Waals surface area contributed by atoms with Gasteiger partial charge in [-0.25, -0.2) is 4.68 Å². The van der Waals surface area contributed by atoms with Gasteiger partial charge < -0.3 is 9.84 Å². The van der Waals surface area contributed by atoms with Gasteiger partial charge in [0.2, 0.25) is 0 Å². The Hall–Kier alpha value is -1.88. The molecule has 0 atom stereocenters. The molecule has 0 aliphatic heterocycles. The summed E-state index contributed by atoms with van der Waals surface area (Å²) < 4.78 is 7.08. The van der Waals surface area contributed by atoms with E-state index in [0.717, 1.165) is 29.1 Å². The molecule has 2 aromatic rings. The number of nitrogens with zero attached hydrogens (tertiary/aromatic N) is 3. The molecule has 1 aromatic heterocycles. The van der Waals surface area contributed by atoms with Crippen LogP contribution >= 0.6 is 0 Å². The normalized spacial score (nSPS) is 10.7. The minimum absolute atomic E-state index is 0.0999. The van der Waals surface area contributed by atoms with Crippen molar-refractivity contribution in [2.45, 2.75) is 26.9 Å². The third-order valence-corrected chi connectivity index (χ3v) is 2.89. The summed E-state index contributed by atoms with van der Waals surface area (Å²) in [6.45, 7) is 3.92. The second-order valence-corrected chi connectivity index (χ2v) is 4.08. The van der Waals surface area contributed by atoms with E-state index in [0.29, 0.717) is 5.69 Å². The van der Waals surface area contributed by atoms with Crippen LogP contribution in [0.25, 0.3) is 5.69 Å². The first-order chi connectivity index (χ1) is 8.71. The van der Waals surface area contributed by atoms with Gasteiger partial charge >= 0.3 is 0 Å². The zero-order chi connectivity index (χ0) is 13.1. The van der Waals surface area contributed by atoms with E-state index < -0.39 is 0 Å². The van der Waals surface area contributed by atoms with Crippen molar-refractivity contribution in [3.05, 3.63) is 35.2 Å². The Balaban J connectivity index is 2.60. The Kier molecular flexibility index (Phi) is 3.62. The number of rotatable bonds is 4. The van der Waals surface area contributed by atoms with Crippen LogP contribution in [-0.4, -0.2) is 27.2 Å². The molecule has 2 rings (SSSR count). The highest BCUT2D eigenvalue weighted by Crippen LogP contribution is 2.25. The van der Waals surface area contributed by atoms with Crippen LogP contribution in [0, 0.1) is 6.92 Å². The van der Waals surface area contributed by atoms with E-state index in [1.165, 1.54) is 0 Å². The summed E-state index contributed by atoms with van der Waals surface area (Å²) in [6.07, 6.45) is 0.750. The molecule has 1 aromatic carbocycles. The molecule has 0 radical (unpaired) electrons. The summed E-state index contributed by atoms with van der Waals surface area (Å²) in [5, 5.41) is 17.3. The molecule has 0 aliphatic carbocycles. The van der Waals surface area contributed by atoms with E-state index in [1.807, 2.05) is 32.0 Å². The predicted octanol–water partition coefficient (Wildman–Crippen LogP) is 1.64. The van der Waals surface area contributed by atoms with Crippen molar-refractivity contribution in [1.82, 2.24) is 15.0 Å². The first-order valence-corrected chi connectivity index (χ1v) is 5.90. The fraction of sp³-hybridized carbons (Fsp3) is 0.385. The monoisotopic (exact) mass is 247 g/mol. The van der Waals surface area contributed by atoms with E-state index in [4.69, 9.17) is 4.74 Å². The Morgan fingerprint density at radius 2 is 2.17 bits per heavy atom. The van der Waals surface area contributed by atoms with Gasteiger partial charge in [-0.3, -0.25) is 0 Å². The van der Waals surface area contributed by atoms with Gasteiger partial charge in [-0.05, 0) is 31.0 Å². The number of ether oxygens (including phenoxy) is 1. The average Bonchev–Trinajstić information content (AvgIpc) is 2.81. The Morgan fingerprint density at radius 3 is 2.78 bits per heavy atom. The molecule has 0 saturated heterocycles. The Morgan fingerprint density at radius 1 is 1.39 bits per heavy atom. The first-order valence-electron chi connectivity index (χ1n) is 5.90. The van der Waals surface area contributed by atoms with Crippen LogP contribution in [0.2, 0.25) is 0 Å². The molecule has 0 amide bonds. The molecule has 5 heteroatoms. The summed E-state index contributed by atoms with van der Waals surface area (Å²) in [5.74, 6) is 0.740. The van der Waals surface area contributed by atoms with Crippen LogP contribution in [0.4, 0.5) is 0 Å². The van der Waals surface area contributed by atoms with Crippen LogP contribution < -0.4 is 4.74 Å². The molecule has 96 valence electrons. The van der Waals surface area contributed by atoms with Gasteiger partial charge in [-0.1, -0.05) is 18.2 Å².